The smallest absolute Gasteiger partial charge is 0.255 e. The third-order valence-corrected chi connectivity index (χ3v) is 7.11. The molecule has 2 amide bonds. The number of aliphatic hydroxyl groups excluding tert-OH is 1. The third-order valence-electron chi connectivity index (χ3n) is 6.80. The predicted octanol–water partition coefficient (Wildman–Crippen LogP) is 2.01. The van der Waals surface area contributed by atoms with Crippen LogP contribution in [0.2, 0.25) is 5.02 Å². The number of benzene rings is 1. The van der Waals surface area contributed by atoms with Crippen LogP contribution in [0.3, 0.4) is 0 Å². The van der Waals surface area contributed by atoms with E-state index in [1.807, 2.05) is 12.4 Å². The minimum Gasteiger partial charge on any atom is -0.391 e. The van der Waals surface area contributed by atoms with Crippen molar-refractivity contribution in [2.24, 2.45) is 5.73 Å². The number of carbonyl (C=O) groups excluding carboxylic acids is 2. The number of likely N-dealkylation sites (tertiary alicyclic amines) is 1. The molecule has 5 N–H and O–H groups in total. The van der Waals surface area contributed by atoms with E-state index >= 15 is 0 Å². The molecule has 10 nitrogen and oxygen atoms in total. The molecule has 1 saturated carbocycles. The number of nitrogen functional groups attached to an aromatic ring is 1. The zero-order valence-electron chi connectivity index (χ0n) is 19.7. The normalized spacial score (nSPS) is 20.2. The lowest BCUT2D eigenvalue weighted by Gasteiger charge is -2.25. The van der Waals surface area contributed by atoms with Crippen molar-refractivity contribution in [2.75, 3.05) is 12.3 Å². The largest absolute Gasteiger partial charge is 0.391 e. The van der Waals surface area contributed by atoms with Crippen molar-refractivity contribution in [3.8, 4) is 11.8 Å². The van der Waals surface area contributed by atoms with Gasteiger partial charge >= 0.3 is 0 Å². The molecule has 11 heteroatoms. The molecule has 0 unspecified atom stereocenters. The molecule has 186 valence electrons. The lowest BCUT2D eigenvalue weighted by molar-refractivity contribution is -0.128. The molecule has 2 aromatic heterocycles. The molecule has 1 aliphatic heterocycles. The molecule has 1 aliphatic carbocycles. The number of anilines is 1. The highest BCUT2D eigenvalue weighted by molar-refractivity contribution is 6.32. The first-order valence-corrected chi connectivity index (χ1v) is 12.0. The van der Waals surface area contributed by atoms with E-state index < -0.39 is 18.1 Å². The van der Waals surface area contributed by atoms with E-state index in [1.54, 1.807) is 13.0 Å². The number of amides is 2. The van der Waals surface area contributed by atoms with E-state index in [2.05, 4.69) is 33.1 Å². The van der Waals surface area contributed by atoms with Crippen LogP contribution >= 0.6 is 11.6 Å². The summed E-state index contributed by atoms with van der Waals surface area (Å²) in [5, 5.41) is 15.1. The van der Waals surface area contributed by atoms with Crippen LogP contribution in [0.25, 0.3) is 11.0 Å². The quantitative estimate of drug-likeness (QED) is 0.356. The Morgan fingerprint density at radius 3 is 2.69 bits per heavy atom. The topological polar surface area (TPSA) is 145 Å². The molecule has 1 saturated heterocycles. The Kier molecular flexibility index (Phi) is 5.98. The molecule has 1 aromatic carbocycles. The maximum Gasteiger partial charge on any atom is 0.255 e. The van der Waals surface area contributed by atoms with Crippen molar-refractivity contribution < 1.29 is 14.7 Å². The van der Waals surface area contributed by atoms with Gasteiger partial charge in [0.1, 0.15) is 11.4 Å². The van der Waals surface area contributed by atoms with Crippen LogP contribution < -0.4 is 11.5 Å². The van der Waals surface area contributed by atoms with Gasteiger partial charge in [0.2, 0.25) is 5.91 Å². The number of aromatic nitrogens is 4. The van der Waals surface area contributed by atoms with Crippen LogP contribution in [-0.4, -0.2) is 59.8 Å². The lowest BCUT2D eigenvalue weighted by Crippen LogP contribution is -2.40. The Labute approximate surface area is 212 Å². The monoisotopic (exact) mass is 507 g/mol. The Morgan fingerprint density at radius 1 is 1.31 bits per heavy atom. The van der Waals surface area contributed by atoms with E-state index in [9.17, 15) is 14.7 Å². The second kappa shape index (κ2) is 9.00. The van der Waals surface area contributed by atoms with E-state index in [0.717, 1.165) is 23.9 Å². The fourth-order valence-corrected chi connectivity index (χ4v) is 5.02. The Bertz CT molecular complexity index is 1460. The number of fused-ring (bicyclic) bond motifs is 1. The molecular formula is C25H26ClN7O3. The first-order chi connectivity index (χ1) is 17.2. The van der Waals surface area contributed by atoms with Crippen LogP contribution in [0, 0.1) is 11.8 Å². The van der Waals surface area contributed by atoms with Gasteiger partial charge in [0.25, 0.3) is 5.91 Å². The summed E-state index contributed by atoms with van der Waals surface area (Å²) in [6.45, 7) is 5.39. The fourth-order valence-electron chi connectivity index (χ4n) is 4.82. The molecule has 3 aromatic rings. The van der Waals surface area contributed by atoms with E-state index in [4.69, 9.17) is 23.1 Å². The van der Waals surface area contributed by atoms with Gasteiger partial charge in [0.15, 0.2) is 5.69 Å². The van der Waals surface area contributed by atoms with Gasteiger partial charge in [-0.2, -0.15) is 5.10 Å². The summed E-state index contributed by atoms with van der Waals surface area (Å²) in [7, 11) is 0. The number of hydrogen-bond donors (Lipinski definition) is 3. The molecule has 36 heavy (non-hydrogen) atoms. The number of primary amides is 1. The molecular weight excluding hydrogens is 482 g/mol. The minimum atomic E-state index is -0.772. The van der Waals surface area contributed by atoms with Gasteiger partial charge in [-0.15, -0.1) is 0 Å². The van der Waals surface area contributed by atoms with Crippen LogP contribution in [0.5, 0.6) is 0 Å². The van der Waals surface area contributed by atoms with Gasteiger partial charge in [-0.3, -0.25) is 9.59 Å². The first-order valence-electron chi connectivity index (χ1n) is 11.7. The third kappa shape index (κ3) is 4.10. The number of hydrogen-bond acceptors (Lipinski definition) is 6. The maximum atomic E-state index is 12.3. The molecule has 0 bridgehead atoms. The number of aliphatic hydroxyl groups is 1. The Balaban J connectivity index is 1.50. The fraction of sp³-hybridized carbons (Fsp3) is 0.360. The highest BCUT2D eigenvalue weighted by Crippen LogP contribution is 2.38. The molecule has 5 rings (SSSR count). The van der Waals surface area contributed by atoms with Gasteiger partial charge in [0.05, 0.1) is 40.6 Å². The van der Waals surface area contributed by atoms with Crippen molar-refractivity contribution in [3.63, 3.8) is 0 Å². The number of rotatable bonds is 5. The van der Waals surface area contributed by atoms with Gasteiger partial charge in [-0.25, -0.2) is 9.67 Å². The summed E-state index contributed by atoms with van der Waals surface area (Å²) in [5.74, 6) is 4.85. The van der Waals surface area contributed by atoms with E-state index in [-0.39, 0.29) is 35.6 Å². The van der Waals surface area contributed by atoms with Gasteiger partial charge in [-0.05, 0) is 50.3 Å². The molecule has 0 spiro atoms. The number of carbonyl (C=O) groups is 2. The highest BCUT2D eigenvalue weighted by atomic mass is 35.5. The summed E-state index contributed by atoms with van der Waals surface area (Å²) in [5.41, 5.74) is 14.3. The minimum absolute atomic E-state index is 0.000180. The maximum absolute atomic E-state index is 12.3. The van der Waals surface area contributed by atoms with Crippen LogP contribution in [0.1, 0.15) is 59.9 Å². The summed E-state index contributed by atoms with van der Waals surface area (Å²) in [6, 6.07) is 3.28. The molecule has 3 heterocycles. The molecule has 0 radical (unpaired) electrons. The zero-order valence-corrected chi connectivity index (χ0v) is 20.4. The van der Waals surface area contributed by atoms with Crippen molar-refractivity contribution in [1.82, 2.24) is 24.2 Å². The lowest BCUT2D eigenvalue weighted by atomic mass is 10.1. The number of halogens is 1. The summed E-state index contributed by atoms with van der Waals surface area (Å²) in [6.07, 6.45) is 4.88. The van der Waals surface area contributed by atoms with Crippen molar-refractivity contribution >= 4 is 40.3 Å². The Morgan fingerprint density at radius 2 is 2.06 bits per heavy atom. The van der Waals surface area contributed by atoms with Crippen molar-refractivity contribution in [1.29, 1.82) is 0 Å². The summed E-state index contributed by atoms with van der Waals surface area (Å²) in [4.78, 5) is 30.6. The SMILES string of the molecule is C=CC(=O)N1C[C@@H](n2nc(C#Cc3cc4ncn(C5CC5)c4cc3Cl)c(C(N)=O)c2N)C[C@@H]1[C@@H](C)O. The second-order valence-corrected chi connectivity index (χ2v) is 9.67. The van der Waals surface area contributed by atoms with E-state index in [0.29, 0.717) is 23.0 Å². The van der Waals surface area contributed by atoms with Crippen molar-refractivity contribution in [3.05, 3.63) is 53.0 Å². The van der Waals surface area contributed by atoms with Crippen LogP contribution in [-0.2, 0) is 4.79 Å². The number of nitrogens with two attached hydrogens (primary N) is 2. The van der Waals surface area contributed by atoms with Gasteiger partial charge < -0.3 is 26.0 Å². The second-order valence-electron chi connectivity index (χ2n) is 9.26. The van der Waals surface area contributed by atoms with Crippen LogP contribution in [0.15, 0.2) is 31.1 Å². The molecule has 2 fully saturated rings. The van der Waals surface area contributed by atoms with Gasteiger partial charge in [0, 0.05) is 18.2 Å². The Hall–Kier alpha value is -3.81. The standard InChI is InChI=1S/C25H26ClN7O3/c1-3-22(35)31-11-16(9-20(31)13(2)34)33-24(27)23(25(28)36)18(30-33)7-4-14-8-19-21(10-17(14)26)32(12-29-19)15-5-6-15/h3,8,10,12-13,15-16,20,34H,1,5-6,9,11,27H2,2H3,(H2,28,36)/t13-,16+,20-/m1/s1. The first kappa shape index (κ1) is 23.9. The average Bonchev–Trinajstić information content (AvgIpc) is 3.30. The molecule has 3 atom stereocenters. The van der Waals surface area contributed by atoms with Crippen molar-refractivity contribution in [2.45, 2.75) is 50.4 Å². The van der Waals surface area contributed by atoms with Crippen LogP contribution in [0.4, 0.5) is 5.82 Å². The van der Waals surface area contributed by atoms with E-state index in [1.165, 1.54) is 15.7 Å². The average molecular weight is 508 g/mol. The molecule has 2 aliphatic rings. The zero-order chi connectivity index (χ0) is 25.7. The summed E-state index contributed by atoms with van der Waals surface area (Å²) < 4.78 is 3.58. The predicted molar refractivity (Wildman–Crippen MR) is 135 cm³/mol. The van der Waals surface area contributed by atoms with Gasteiger partial charge in [-0.1, -0.05) is 24.1 Å². The summed E-state index contributed by atoms with van der Waals surface area (Å²) >= 11 is 6.52. The highest BCUT2D eigenvalue weighted by Gasteiger charge is 2.39. The number of nitrogens with zero attached hydrogens (tertiary/aromatic N) is 5. The number of imidazole rings is 1.